The third-order valence-corrected chi connectivity index (χ3v) is 4.99. The fourth-order valence-corrected chi connectivity index (χ4v) is 3.21. The van der Waals surface area contributed by atoms with Crippen LogP contribution in [0.4, 0.5) is 17.6 Å². The van der Waals surface area contributed by atoms with Crippen LogP contribution in [0.1, 0.15) is 30.5 Å². The molecule has 1 aliphatic rings. The van der Waals surface area contributed by atoms with Gasteiger partial charge in [0.25, 0.3) is 0 Å². The third kappa shape index (κ3) is 8.25. The lowest BCUT2D eigenvalue weighted by Gasteiger charge is -2.32. The van der Waals surface area contributed by atoms with Crippen LogP contribution in [-0.2, 0) is 29.1 Å². The molecule has 0 spiro atoms. The van der Waals surface area contributed by atoms with Crippen molar-refractivity contribution >= 4 is 11.9 Å². The summed E-state index contributed by atoms with van der Waals surface area (Å²) < 4.78 is 46.5. The van der Waals surface area contributed by atoms with Gasteiger partial charge >= 0.3 is 12.1 Å². The first-order chi connectivity index (χ1) is 15.1. The Labute approximate surface area is 182 Å². The van der Waals surface area contributed by atoms with Crippen LogP contribution >= 0.6 is 0 Å². The van der Waals surface area contributed by atoms with Crippen molar-refractivity contribution in [2.45, 2.75) is 44.9 Å². The number of nitrogens with two attached hydrogens (primary N) is 1. The monoisotopic (exact) mass is 459 g/mol. The first-order valence-corrected chi connectivity index (χ1v) is 10.00. The van der Waals surface area contributed by atoms with E-state index < -0.39 is 12.1 Å². The largest absolute Gasteiger partial charge is 0.490 e. The van der Waals surface area contributed by atoms with Crippen molar-refractivity contribution in [2.75, 3.05) is 13.1 Å². The molecule has 1 aromatic heterocycles. The molecule has 1 fully saturated rings. The number of carboxylic acids is 1. The van der Waals surface area contributed by atoms with E-state index in [-0.39, 0.29) is 11.7 Å². The standard InChI is InChI=1S/C18H24FN5O.C2HF3O2/c19-16-4-1-14(2-5-16)3-6-18(25)23-9-7-15(8-10-23)12-24-13-17(11-20)21-22-24;3-2(4,5)1(6)7/h1-2,4-5,13,15H,3,6-12,20H2;(H,6,7). The summed E-state index contributed by atoms with van der Waals surface area (Å²) in [5, 5.41) is 15.2. The first kappa shape index (κ1) is 25.2. The van der Waals surface area contributed by atoms with E-state index in [0.717, 1.165) is 43.7 Å². The van der Waals surface area contributed by atoms with E-state index in [4.69, 9.17) is 15.6 Å². The number of benzene rings is 1. The predicted molar refractivity (Wildman–Crippen MR) is 106 cm³/mol. The van der Waals surface area contributed by atoms with Gasteiger partial charge in [0.15, 0.2) is 0 Å². The van der Waals surface area contributed by atoms with Gasteiger partial charge < -0.3 is 15.7 Å². The van der Waals surface area contributed by atoms with E-state index in [2.05, 4.69) is 10.3 Å². The molecule has 0 radical (unpaired) electrons. The minimum Gasteiger partial charge on any atom is -0.475 e. The van der Waals surface area contributed by atoms with Crippen molar-refractivity contribution in [1.82, 2.24) is 19.9 Å². The van der Waals surface area contributed by atoms with Crippen LogP contribution in [0.3, 0.4) is 0 Å². The number of hydrogen-bond acceptors (Lipinski definition) is 5. The summed E-state index contributed by atoms with van der Waals surface area (Å²) in [7, 11) is 0. The molecule has 176 valence electrons. The van der Waals surface area contributed by atoms with E-state index in [1.807, 2.05) is 15.8 Å². The Kier molecular flexibility index (Phi) is 9.12. The number of aromatic nitrogens is 3. The van der Waals surface area contributed by atoms with Crippen molar-refractivity contribution in [2.24, 2.45) is 11.7 Å². The Morgan fingerprint density at radius 1 is 1.16 bits per heavy atom. The van der Waals surface area contributed by atoms with Crippen LogP contribution < -0.4 is 5.73 Å². The Morgan fingerprint density at radius 3 is 2.25 bits per heavy atom. The molecule has 1 aromatic carbocycles. The van der Waals surface area contributed by atoms with Crippen LogP contribution in [0.2, 0.25) is 0 Å². The minimum atomic E-state index is -5.08. The molecule has 12 heteroatoms. The normalized spacial score (nSPS) is 14.6. The average Bonchev–Trinajstić information content (AvgIpc) is 3.21. The molecule has 3 N–H and O–H groups in total. The van der Waals surface area contributed by atoms with E-state index in [1.165, 1.54) is 12.1 Å². The third-order valence-electron chi connectivity index (χ3n) is 4.99. The lowest BCUT2D eigenvalue weighted by molar-refractivity contribution is -0.192. The van der Waals surface area contributed by atoms with Crippen molar-refractivity contribution in [1.29, 1.82) is 0 Å². The topological polar surface area (TPSA) is 114 Å². The maximum atomic E-state index is 12.9. The molecule has 0 aliphatic carbocycles. The Hall–Kier alpha value is -3.02. The summed E-state index contributed by atoms with van der Waals surface area (Å²) in [6.45, 7) is 2.79. The smallest absolute Gasteiger partial charge is 0.475 e. The van der Waals surface area contributed by atoms with Crippen molar-refractivity contribution in [3.05, 3.63) is 47.5 Å². The fourth-order valence-electron chi connectivity index (χ4n) is 3.21. The van der Waals surface area contributed by atoms with Crippen molar-refractivity contribution < 1.29 is 32.3 Å². The number of amides is 1. The highest BCUT2D eigenvalue weighted by molar-refractivity contribution is 5.76. The number of alkyl halides is 3. The number of rotatable bonds is 6. The summed E-state index contributed by atoms with van der Waals surface area (Å²) in [5.74, 6) is -2.32. The van der Waals surface area contributed by atoms with Gasteiger partial charge in [-0.15, -0.1) is 5.10 Å². The molecule has 0 unspecified atom stereocenters. The number of halogens is 4. The zero-order chi connectivity index (χ0) is 23.7. The molecule has 1 amide bonds. The molecule has 1 saturated heterocycles. The Bertz CT molecular complexity index is 878. The predicted octanol–water partition coefficient (Wildman–Crippen LogP) is 2.38. The number of hydrogen-bond donors (Lipinski definition) is 2. The molecule has 3 rings (SSSR count). The highest BCUT2D eigenvalue weighted by atomic mass is 19.4. The second kappa shape index (κ2) is 11.6. The quantitative estimate of drug-likeness (QED) is 0.641. The van der Waals surface area contributed by atoms with Gasteiger partial charge in [0.1, 0.15) is 5.82 Å². The summed E-state index contributed by atoms with van der Waals surface area (Å²) in [6.07, 6.45) is -0.125. The zero-order valence-corrected chi connectivity index (χ0v) is 17.3. The highest BCUT2D eigenvalue weighted by Gasteiger charge is 2.38. The van der Waals surface area contributed by atoms with Crippen LogP contribution in [0.15, 0.2) is 30.5 Å². The summed E-state index contributed by atoms with van der Waals surface area (Å²) in [6, 6.07) is 6.35. The van der Waals surface area contributed by atoms with Crippen molar-refractivity contribution in [3.8, 4) is 0 Å². The molecule has 0 saturated carbocycles. The number of piperidine rings is 1. The van der Waals surface area contributed by atoms with Gasteiger partial charge in [-0.1, -0.05) is 17.3 Å². The average molecular weight is 459 g/mol. The molecule has 0 bridgehead atoms. The molecule has 8 nitrogen and oxygen atoms in total. The fraction of sp³-hybridized carbons (Fsp3) is 0.500. The van der Waals surface area contributed by atoms with E-state index in [1.54, 1.807) is 12.1 Å². The number of carbonyl (C=O) groups excluding carboxylic acids is 1. The van der Waals surface area contributed by atoms with Crippen molar-refractivity contribution in [3.63, 3.8) is 0 Å². The summed E-state index contributed by atoms with van der Waals surface area (Å²) in [4.78, 5) is 23.2. The highest BCUT2D eigenvalue weighted by Crippen LogP contribution is 2.20. The number of carbonyl (C=O) groups is 2. The molecule has 2 aromatic rings. The van der Waals surface area contributed by atoms with Gasteiger partial charge in [0, 0.05) is 38.8 Å². The van der Waals surface area contributed by atoms with Crippen LogP contribution in [0, 0.1) is 11.7 Å². The van der Waals surface area contributed by atoms with E-state index in [0.29, 0.717) is 25.3 Å². The summed E-state index contributed by atoms with van der Waals surface area (Å²) >= 11 is 0. The zero-order valence-electron chi connectivity index (χ0n) is 17.3. The summed E-state index contributed by atoms with van der Waals surface area (Å²) in [5.41, 5.74) is 7.34. The van der Waals surface area contributed by atoms with Crippen LogP contribution in [0.25, 0.3) is 0 Å². The van der Waals surface area contributed by atoms with E-state index in [9.17, 15) is 22.4 Å². The lowest BCUT2D eigenvalue weighted by atomic mass is 9.96. The number of aliphatic carboxylic acids is 1. The molecule has 0 atom stereocenters. The minimum absolute atomic E-state index is 0.175. The number of aryl methyl sites for hydroxylation is 1. The molecule has 2 heterocycles. The molecule has 1 aliphatic heterocycles. The number of nitrogens with zero attached hydrogens (tertiary/aromatic N) is 4. The maximum absolute atomic E-state index is 12.9. The maximum Gasteiger partial charge on any atom is 0.490 e. The number of carboxylic acid groups (broad SMARTS) is 1. The van der Waals surface area contributed by atoms with Gasteiger partial charge in [0.2, 0.25) is 5.91 Å². The number of likely N-dealkylation sites (tertiary alicyclic amines) is 1. The lowest BCUT2D eigenvalue weighted by Crippen LogP contribution is -2.39. The van der Waals surface area contributed by atoms with Gasteiger partial charge in [-0.25, -0.2) is 9.18 Å². The second-order valence-corrected chi connectivity index (χ2v) is 7.39. The van der Waals surface area contributed by atoms with Gasteiger partial charge in [-0.3, -0.25) is 9.48 Å². The van der Waals surface area contributed by atoms with Crippen LogP contribution in [0.5, 0.6) is 0 Å². The SMILES string of the molecule is NCc1cn(CC2CCN(C(=O)CCc3ccc(F)cc3)CC2)nn1.O=C(O)C(F)(F)F. The van der Waals surface area contributed by atoms with E-state index >= 15 is 0 Å². The van der Waals surface area contributed by atoms with Gasteiger partial charge in [-0.2, -0.15) is 13.2 Å². The Morgan fingerprint density at radius 2 is 1.75 bits per heavy atom. The first-order valence-electron chi connectivity index (χ1n) is 10.00. The Balaban J connectivity index is 0.000000451. The molecular formula is C20H25F4N5O3. The second-order valence-electron chi connectivity index (χ2n) is 7.39. The van der Waals surface area contributed by atoms with Gasteiger partial charge in [0.05, 0.1) is 5.69 Å². The molecular weight excluding hydrogens is 434 g/mol. The van der Waals surface area contributed by atoms with Gasteiger partial charge in [-0.05, 0) is 42.9 Å². The molecule has 32 heavy (non-hydrogen) atoms. The van der Waals surface area contributed by atoms with Crippen LogP contribution in [-0.4, -0.2) is 56.1 Å².